The predicted octanol–water partition coefficient (Wildman–Crippen LogP) is 4.85. The van der Waals surface area contributed by atoms with E-state index >= 15 is 0 Å². The summed E-state index contributed by atoms with van der Waals surface area (Å²) in [6, 6.07) is 0. The van der Waals surface area contributed by atoms with Crippen LogP contribution in [0.2, 0.25) is 0 Å². The van der Waals surface area contributed by atoms with Gasteiger partial charge in [-0.3, -0.25) is 0 Å². The van der Waals surface area contributed by atoms with Crippen molar-refractivity contribution < 1.29 is 0 Å². The van der Waals surface area contributed by atoms with Crippen molar-refractivity contribution >= 4 is 8.58 Å². The van der Waals surface area contributed by atoms with Crippen LogP contribution >= 0.6 is 8.58 Å². The van der Waals surface area contributed by atoms with Crippen molar-refractivity contribution in [2.24, 2.45) is 5.92 Å². The van der Waals surface area contributed by atoms with Crippen molar-refractivity contribution in [2.45, 2.75) is 58.5 Å². The first-order valence-electron chi connectivity index (χ1n) is 6.03. The van der Waals surface area contributed by atoms with E-state index in [2.05, 4.69) is 39.6 Å². The minimum atomic E-state index is 0.929. The molecule has 0 amide bonds. The summed E-state index contributed by atoms with van der Waals surface area (Å²) < 4.78 is 0. The Balaban J connectivity index is 3.51. The predicted molar refractivity (Wildman–Crippen MR) is 70.8 cm³/mol. The molecule has 0 aromatic heterocycles. The van der Waals surface area contributed by atoms with Crippen LogP contribution in [0, 0.1) is 5.92 Å². The van der Waals surface area contributed by atoms with E-state index in [1.807, 2.05) is 0 Å². The second-order valence-electron chi connectivity index (χ2n) is 4.20. The molecular formula is C13H27P. The molecule has 0 radical (unpaired) electrons. The minimum absolute atomic E-state index is 0.929. The van der Waals surface area contributed by atoms with E-state index in [0.29, 0.717) is 0 Å². The van der Waals surface area contributed by atoms with Crippen molar-refractivity contribution in [3.05, 3.63) is 12.2 Å². The van der Waals surface area contributed by atoms with E-state index < -0.39 is 0 Å². The third-order valence-electron chi connectivity index (χ3n) is 3.02. The highest BCUT2D eigenvalue weighted by Crippen LogP contribution is 2.23. The van der Waals surface area contributed by atoms with Gasteiger partial charge < -0.3 is 0 Å². The molecule has 0 aromatic carbocycles. The number of allylic oxidation sites excluding steroid dienone is 2. The summed E-state index contributed by atoms with van der Waals surface area (Å²) in [5.41, 5.74) is 0.953. The maximum atomic E-state index is 2.38. The summed E-state index contributed by atoms with van der Waals surface area (Å²) in [5, 5.41) is 0. The summed E-state index contributed by atoms with van der Waals surface area (Å²) in [7, 11) is 1.12. The third kappa shape index (κ3) is 7.56. The van der Waals surface area contributed by atoms with Gasteiger partial charge in [-0.1, -0.05) is 45.3 Å². The second-order valence-corrected chi connectivity index (χ2v) is 5.76. The molecule has 0 nitrogen and oxygen atoms in total. The Hall–Kier alpha value is 0.170. The second kappa shape index (κ2) is 9.71. The van der Waals surface area contributed by atoms with Crippen molar-refractivity contribution in [1.82, 2.24) is 0 Å². The van der Waals surface area contributed by atoms with Gasteiger partial charge in [0.05, 0.1) is 0 Å². The summed E-state index contributed by atoms with van der Waals surface area (Å²) >= 11 is 0. The molecule has 0 heterocycles. The Morgan fingerprint density at radius 3 is 2.50 bits per heavy atom. The Morgan fingerprint density at radius 1 is 1.29 bits per heavy atom. The van der Waals surface area contributed by atoms with Crippen molar-refractivity contribution in [3.8, 4) is 0 Å². The lowest BCUT2D eigenvalue weighted by Crippen LogP contribution is -2.00. The van der Waals surface area contributed by atoms with Gasteiger partial charge in [0.2, 0.25) is 0 Å². The molecule has 0 aliphatic rings. The lowest BCUT2D eigenvalue weighted by atomic mass is 9.95. The van der Waals surface area contributed by atoms with Crippen LogP contribution in [-0.2, 0) is 0 Å². The minimum Gasteiger partial charge on any atom is -0.122 e. The Labute approximate surface area is 92.3 Å². The Kier molecular flexibility index (Phi) is 9.83. The largest absolute Gasteiger partial charge is 0.122 e. The third-order valence-corrected chi connectivity index (χ3v) is 4.30. The van der Waals surface area contributed by atoms with E-state index in [9.17, 15) is 0 Å². The van der Waals surface area contributed by atoms with E-state index in [-0.39, 0.29) is 0 Å². The lowest BCUT2D eigenvalue weighted by molar-refractivity contribution is 0.450. The van der Waals surface area contributed by atoms with E-state index in [1.54, 1.807) is 0 Å². The maximum Gasteiger partial charge on any atom is -0.0268 e. The lowest BCUT2D eigenvalue weighted by Gasteiger charge is -2.14. The average molecular weight is 214 g/mol. The number of hydrogen-bond acceptors (Lipinski definition) is 0. The van der Waals surface area contributed by atoms with Crippen molar-refractivity contribution in [3.63, 3.8) is 0 Å². The molecule has 3 unspecified atom stereocenters. The first-order chi connectivity index (χ1) is 6.74. The smallest absolute Gasteiger partial charge is 0.0268 e. The molecule has 84 valence electrons. The zero-order valence-corrected chi connectivity index (χ0v) is 11.3. The Bertz CT molecular complexity index is 140. The standard InChI is InChI=1S/C13H27P/c1-5-7-10-13(6-2)11-8-9-12(3)14-4/h5,7,12-14H,6,8-11H2,1-4H3/b7-5-. The van der Waals surface area contributed by atoms with Crippen molar-refractivity contribution in [2.75, 3.05) is 6.66 Å². The molecule has 0 aliphatic heterocycles. The molecule has 0 aromatic rings. The van der Waals surface area contributed by atoms with Gasteiger partial charge in [0.15, 0.2) is 0 Å². The molecule has 0 saturated carbocycles. The molecule has 1 heteroatoms. The highest BCUT2D eigenvalue weighted by molar-refractivity contribution is 7.37. The molecule has 0 spiro atoms. The highest BCUT2D eigenvalue weighted by Gasteiger charge is 2.05. The van der Waals surface area contributed by atoms with Crippen LogP contribution in [0.3, 0.4) is 0 Å². The van der Waals surface area contributed by atoms with Gasteiger partial charge in [-0.15, -0.1) is 8.58 Å². The molecule has 0 rings (SSSR count). The molecule has 0 bridgehead atoms. The van der Waals surface area contributed by atoms with Crippen molar-refractivity contribution in [1.29, 1.82) is 0 Å². The van der Waals surface area contributed by atoms with Gasteiger partial charge in [0, 0.05) is 0 Å². The van der Waals surface area contributed by atoms with Gasteiger partial charge in [-0.25, -0.2) is 0 Å². The first-order valence-corrected chi connectivity index (χ1v) is 7.60. The van der Waals surface area contributed by atoms with Crippen LogP contribution in [0.15, 0.2) is 12.2 Å². The molecule has 14 heavy (non-hydrogen) atoms. The van der Waals surface area contributed by atoms with Gasteiger partial charge in [0.1, 0.15) is 0 Å². The van der Waals surface area contributed by atoms with E-state index in [0.717, 1.165) is 20.2 Å². The summed E-state index contributed by atoms with van der Waals surface area (Å²) in [4.78, 5) is 0. The highest BCUT2D eigenvalue weighted by atomic mass is 31.1. The molecule has 0 saturated heterocycles. The summed E-state index contributed by atoms with van der Waals surface area (Å²) in [5.74, 6) is 0.929. The fraction of sp³-hybridized carbons (Fsp3) is 0.846. The van der Waals surface area contributed by atoms with Crippen LogP contribution < -0.4 is 0 Å². The molecule has 0 N–H and O–H groups in total. The van der Waals surface area contributed by atoms with Crippen LogP contribution in [0.25, 0.3) is 0 Å². The fourth-order valence-electron chi connectivity index (χ4n) is 1.67. The Morgan fingerprint density at radius 2 is 2.00 bits per heavy atom. The number of rotatable bonds is 8. The SMILES string of the molecule is C/C=C\CC(CC)CCCC(C)PC. The van der Waals surface area contributed by atoms with Crippen LogP contribution in [0.1, 0.15) is 52.9 Å². The normalized spacial score (nSPS) is 16.9. The van der Waals surface area contributed by atoms with E-state index in [4.69, 9.17) is 0 Å². The maximum absolute atomic E-state index is 2.38. The fourth-order valence-corrected chi connectivity index (χ4v) is 2.17. The average Bonchev–Trinajstić information content (AvgIpc) is 2.22. The summed E-state index contributed by atoms with van der Waals surface area (Å²) in [6.07, 6.45) is 11.4. The first kappa shape index (κ1) is 14.2. The van der Waals surface area contributed by atoms with Gasteiger partial charge >= 0.3 is 0 Å². The van der Waals surface area contributed by atoms with Crippen LogP contribution in [-0.4, -0.2) is 12.3 Å². The molecular weight excluding hydrogens is 187 g/mol. The zero-order valence-electron chi connectivity index (χ0n) is 10.3. The summed E-state index contributed by atoms with van der Waals surface area (Å²) in [6.45, 7) is 9.14. The van der Waals surface area contributed by atoms with Gasteiger partial charge in [-0.2, -0.15) is 0 Å². The monoisotopic (exact) mass is 214 g/mol. The zero-order chi connectivity index (χ0) is 10.8. The van der Waals surface area contributed by atoms with Gasteiger partial charge in [-0.05, 0) is 38.0 Å². The molecule has 0 aliphatic carbocycles. The molecule has 3 atom stereocenters. The van der Waals surface area contributed by atoms with E-state index in [1.165, 1.54) is 32.1 Å². The molecule has 0 fully saturated rings. The van der Waals surface area contributed by atoms with Gasteiger partial charge in [0.25, 0.3) is 0 Å². The van der Waals surface area contributed by atoms with Crippen LogP contribution in [0.5, 0.6) is 0 Å². The van der Waals surface area contributed by atoms with Crippen LogP contribution in [0.4, 0.5) is 0 Å². The number of hydrogen-bond donors (Lipinski definition) is 0. The topological polar surface area (TPSA) is 0 Å². The quantitative estimate of drug-likeness (QED) is 0.400.